The van der Waals surface area contributed by atoms with Gasteiger partial charge in [-0.2, -0.15) is 0 Å². The molecule has 6 heteroatoms. The molecule has 1 aliphatic heterocycles. The number of aryl methyl sites for hydroxylation is 1. The Kier molecular flexibility index (Phi) is 5.34. The number of rotatable bonds is 5. The van der Waals surface area contributed by atoms with Crippen molar-refractivity contribution < 1.29 is 0 Å². The first-order chi connectivity index (χ1) is 11.1. The van der Waals surface area contributed by atoms with Crippen LogP contribution in [0.25, 0.3) is 11.2 Å². The molecule has 2 atom stereocenters. The van der Waals surface area contributed by atoms with Crippen molar-refractivity contribution in [2.75, 3.05) is 19.6 Å². The number of piperazine rings is 1. The fraction of sp³-hybridized carbons (Fsp3) is 0.647. The Morgan fingerprint density at radius 1 is 1.43 bits per heavy atom. The van der Waals surface area contributed by atoms with E-state index in [1.807, 2.05) is 6.20 Å². The number of hydrogen-bond donors (Lipinski definition) is 1. The van der Waals surface area contributed by atoms with Gasteiger partial charge in [-0.05, 0) is 42.3 Å². The molecule has 0 radical (unpaired) electrons. The van der Waals surface area contributed by atoms with Crippen LogP contribution in [-0.2, 0) is 6.54 Å². The summed E-state index contributed by atoms with van der Waals surface area (Å²) in [7, 11) is 0. The first kappa shape index (κ1) is 16.9. The van der Waals surface area contributed by atoms with Gasteiger partial charge in [0.25, 0.3) is 0 Å². The summed E-state index contributed by atoms with van der Waals surface area (Å²) in [6.45, 7) is 10.8. The van der Waals surface area contributed by atoms with Crippen molar-refractivity contribution in [2.24, 2.45) is 0 Å². The van der Waals surface area contributed by atoms with Crippen LogP contribution < -0.4 is 5.32 Å². The third-order valence-electron chi connectivity index (χ3n) is 4.62. The van der Waals surface area contributed by atoms with Gasteiger partial charge in [0.2, 0.25) is 0 Å². The zero-order valence-electron chi connectivity index (χ0n) is 14.2. The van der Waals surface area contributed by atoms with Gasteiger partial charge in [-0.3, -0.25) is 4.90 Å². The van der Waals surface area contributed by atoms with E-state index in [4.69, 9.17) is 4.98 Å². The second-order valence-corrected chi connectivity index (χ2v) is 7.28. The third kappa shape index (κ3) is 3.44. The molecule has 2 unspecified atom stereocenters. The topological polar surface area (TPSA) is 46.0 Å². The number of nitrogens with one attached hydrogen (secondary N) is 1. The van der Waals surface area contributed by atoms with E-state index in [1.54, 1.807) is 0 Å². The molecule has 1 fully saturated rings. The van der Waals surface area contributed by atoms with Crippen LogP contribution in [0.1, 0.15) is 45.5 Å². The van der Waals surface area contributed by atoms with Gasteiger partial charge in [-0.1, -0.05) is 13.3 Å². The van der Waals surface area contributed by atoms with E-state index < -0.39 is 0 Å². The highest BCUT2D eigenvalue weighted by Gasteiger charge is 2.28. The number of nitrogens with zero attached hydrogens (tertiary/aromatic N) is 4. The Labute approximate surface area is 146 Å². The van der Waals surface area contributed by atoms with Gasteiger partial charge in [0.05, 0.1) is 11.6 Å². The van der Waals surface area contributed by atoms with Gasteiger partial charge in [-0.25, -0.2) is 9.97 Å². The molecule has 126 valence electrons. The van der Waals surface area contributed by atoms with Crippen LogP contribution in [0.2, 0.25) is 0 Å². The molecular formula is C17H26BrN5. The molecule has 1 N–H and O–H groups in total. The highest BCUT2D eigenvalue weighted by atomic mass is 79.9. The molecular weight excluding hydrogens is 354 g/mol. The van der Waals surface area contributed by atoms with Crippen molar-refractivity contribution in [3.63, 3.8) is 0 Å². The zero-order chi connectivity index (χ0) is 16.4. The van der Waals surface area contributed by atoms with Crippen LogP contribution >= 0.6 is 15.9 Å². The molecule has 3 rings (SSSR count). The molecule has 0 aromatic carbocycles. The van der Waals surface area contributed by atoms with Gasteiger partial charge >= 0.3 is 0 Å². The molecule has 2 aromatic heterocycles. The van der Waals surface area contributed by atoms with Crippen LogP contribution in [0.5, 0.6) is 0 Å². The first-order valence-corrected chi connectivity index (χ1v) is 9.42. The highest BCUT2D eigenvalue weighted by Crippen LogP contribution is 2.29. The maximum atomic E-state index is 4.91. The summed E-state index contributed by atoms with van der Waals surface area (Å²) in [6, 6.07) is 3.04. The largest absolute Gasteiger partial charge is 0.326 e. The van der Waals surface area contributed by atoms with Crippen molar-refractivity contribution in [1.29, 1.82) is 0 Å². The zero-order valence-corrected chi connectivity index (χ0v) is 15.8. The fourth-order valence-corrected chi connectivity index (χ4v) is 3.90. The van der Waals surface area contributed by atoms with Crippen LogP contribution in [0.3, 0.4) is 0 Å². The van der Waals surface area contributed by atoms with Crippen molar-refractivity contribution in [1.82, 2.24) is 24.8 Å². The second-order valence-electron chi connectivity index (χ2n) is 6.37. The van der Waals surface area contributed by atoms with Gasteiger partial charge in [-0.15, -0.1) is 0 Å². The Morgan fingerprint density at radius 3 is 2.96 bits per heavy atom. The lowest BCUT2D eigenvalue weighted by atomic mass is 10.1. The summed E-state index contributed by atoms with van der Waals surface area (Å²) < 4.78 is 3.34. The molecule has 0 bridgehead atoms. The smallest absolute Gasteiger partial charge is 0.178 e. The van der Waals surface area contributed by atoms with E-state index in [9.17, 15) is 0 Å². The summed E-state index contributed by atoms with van der Waals surface area (Å²) in [5.41, 5.74) is 1.98. The quantitative estimate of drug-likeness (QED) is 0.864. The normalized spacial score (nSPS) is 21.0. The van der Waals surface area contributed by atoms with Gasteiger partial charge < -0.3 is 9.88 Å². The Morgan fingerprint density at radius 2 is 2.26 bits per heavy atom. The lowest BCUT2D eigenvalue weighted by Crippen LogP contribution is -2.50. The van der Waals surface area contributed by atoms with Crippen LogP contribution in [-0.4, -0.2) is 45.1 Å². The molecule has 5 nitrogen and oxygen atoms in total. The summed E-state index contributed by atoms with van der Waals surface area (Å²) in [6.07, 6.45) is 4.13. The summed E-state index contributed by atoms with van der Waals surface area (Å²) in [5.74, 6) is 1.17. The minimum absolute atomic E-state index is 0.373. The fourth-order valence-electron chi connectivity index (χ4n) is 3.58. The number of pyridine rings is 1. The van der Waals surface area contributed by atoms with E-state index >= 15 is 0 Å². The van der Waals surface area contributed by atoms with Gasteiger partial charge in [0.1, 0.15) is 5.82 Å². The van der Waals surface area contributed by atoms with Crippen molar-refractivity contribution in [2.45, 2.75) is 52.2 Å². The number of halogens is 1. The van der Waals surface area contributed by atoms with Gasteiger partial charge in [0.15, 0.2) is 5.65 Å². The molecule has 23 heavy (non-hydrogen) atoms. The Hall–Kier alpha value is -0.980. The predicted molar refractivity (Wildman–Crippen MR) is 97.6 cm³/mol. The van der Waals surface area contributed by atoms with Crippen molar-refractivity contribution >= 4 is 27.1 Å². The monoisotopic (exact) mass is 379 g/mol. The van der Waals surface area contributed by atoms with Gasteiger partial charge in [0, 0.05) is 42.9 Å². The first-order valence-electron chi connectivity index (χ1n) is 8.63. The molecule has 0 amide bonds. The molecule has 2 aromatic rings. The summed E-state index contributed by atoms with van der Waals surface area (Å²) in [5, 5.41) is 3.54. The maximum Gasteiger partial charge on any atom is 0.178 e. The van der Waals surface area contributed by atoms with E-state index in [0.29, 0.717) is 12.1 Å². The minimum Gasteiger partial charge on any atom is -0.326 e. The second kappa shape index (κ2) is 7.28. The van der Waals surface area contributed by atoms with Crippen molar-refractivity contribution in [3.05, 3.63) is 22.6 Å². The van der Waals surface area contributed by atoms with E-state index in [0.717, 1.165) is 54.7 Å². The number of aromatic nitrogens is 3. The van der Waals surface area contributed by atoms with Crippen LogP contribution in [0, 0.1) is 0 Å². The molecule has 3 heterocycles. The van der Waals surface area contributed by atoms with E-state index in [-0.39, 0.29) is 0 Å². The number of fused-ring (bicyclic) bond motifs is 1. The third-order valence-corrected chi connectivity index (χ3v) is 5.05. The van der Waals surface area contributed by atoms with E-state index in [1.165, 1.54) is 5.82 Å². The minimum atomic E-state index is 0.373. The maximum absolute atomic E-state index is 4.91. The number of imidazole rings is 1. The molecule has 1 saturated heterocycles. The predicted octanol–water partition coefficient (Wildman–Crippen LogP) is 3.35. The SMILES string of the molecule is CCCC(c1nc2ncc(Br)cc2n1CC)N1CCNC(C)C1. The lowest BCUT2D eigenvalue weighted by molar-refractivity contribution is 0.133. The Balaban J connectivity index is 2.03. The molecule has 0 saturated carbocycles. The lowest BCUT2D eigenvalue weighted by Gasteiger charge is -2.37. The summed E-state index contributed by atoms with van der Waals surface area (Å²) >= 11 is 3.53. The summed E-state index contributed by atoms with van der Waals surface area (Å²) in [4.78, 5) is 12.0. The average molecular weight is 380 g/mol. The number of hydrogen-bond acceptors (Lipinski definition) is 4. The Bertz CT molecular complexity index is 668. The standard InChI is InChI=1S/C17H26BrN5/c1-4-6-14(22-8-7-19-12(3)11-22)17-21-16-15(23(17)5-2)9-13(18)10-20-16/h9-10,12,14,19H,4-8,11H2,1-3H3. The van der Waals surface area contributed by atoms with Crippen molar-refractivity contribution in [3.8, 4) is 0 Å². The molecule has 0 aliphatic carbocycles. The molecule has 0 spiro atoms. The van der Waals surface area contributed by atoms with Crippen LogP contribution in [0.15, 0.2) is 16.7 Å². The van der Waals surface area contributed by atoms with Crippen LogP contribution in [0.4, 0.5) is 0 Å². The van der Waals surface area contributed by atoms with E-state index in [2.05, 4.69) is 62.5 Å². The average Bonchev–Trinajstić information content (AvgIpc) is 2.89. The highest BCUT2D eigenvalue weighted by molar-refractivity contribution is 9.10. The molecule has 1 aliphatic rings.